The number of benzene rings is 2. The van der Waals surface area contributed by atoms with Gasteiger partial charge in [-0.25, -0.2) is 13.2 Å². The first-order valence-corrected chi connectivity index (χ1v) is 16.7. The Hall–Kier alpha value is -3.00. The maximum Gasteiger partial charge on any atom is 0.407 e. The zero-order valence-corrected chi connectivity index (χ0v) is 26.3. The topological polar surface area (TPSA) is 140 Å². The molecule has 5 rings (SSSR count). The smallest absolute Gasteiger partial charge is 0.407 e. The Morgan fingerprint density at radius 2 is 1.93 bits per heavy atom. The van der Waals surface area contributed by atoms with Crippen molar-refractivity contribution in [1.82, 2.24) is 14.9 Å². The Morgan fingerprint density at radius 1 is 1.14 bits per heavy atom. The summed E-state index contributed by atoms with van der Waals surface area (Å²) in [6.07, 6.45) is -0.0995. The van der Waals surface area contributed by atoms with E-state index in [2.05, 4.69) is 10.6 Å². The van der Waals surface area contributed by atoms with Gasteiger partial charge in [0.1, 0.15) is 11.7 Å². The second kappa shape index (κ2) is 14.4. The third kappa shape index (κ3) is 7.61. The van der Waals surface area contributed by atoms with Gasteiger partial charge >= 0.3 is 6.09 Å². The monoisotopic (exact) mass is 629 g/mol. The molecule has 1 aromatic heterocycles. The Morgan fingerprint density at radius 3 is 2.68 bits per heavy atom. The lowest BCUT2D eigenvalue weighted by Crippen LogP contribution is -2.51. The standard InChI is InChI=1S/C32H43N3O8S/c1-4-33-16-23-19-41-29-11-10-24(15-26(23)29)44(38,39)35(17-21(2)3)18-28(36)27(14-22-8-6-5-7-9-22)34-32(37)43-30-20-42-31-25(30)12-13-40-31/h5-11,15,19,21,25,27-28,30-31,33,36H,4,12-14,16-18,20H2,1-3H3,(H,34,37). The lowest BCUT2D eigenvalue weighted by Gasteiger charge is -2.31. The van der Waals surface area contributed by atoms with Crippen LogP contribution in [0, 0.1) is 11.8 Å². The Balaban J connectivity index is 1.36. The molecule has 3 aromatic rings. The molecule has 240 valence electrons. The highest BCUT2D eigenvalue weighted by Crippen LogP contribution is 2.33. The number of nitrogens with zero attached hydrogens (tertiary/aromatic N) is 1. The predicted octanol–water partition coefficient (Wildman–Crippen LogP) is 3.65. The molecule has 2 saturated heterocycles. The lowest BCUT2D eigenvalue weighted by atomic mass is 10.0. The number of carbonyl (C=O) groups excluding carboxylic acids is 1. The van der Waals surface area contributed by atoms with E-state index >= 15 is 0 Å². The molecule has 44 heavy (non-hydrogen) atoms. The number of hydrogen-bond acceptors (Lipinski definition) is 9. The molecule has 0 spiro atoms. The molecule has 11 nitrogen and oxygen atoms in total. The van der Waals surface area contributed by atoms with Crippen molar-refractivity contribution < 1.29 is 36.9 Å². The highest BCUT2D eigenvalue weighted by Gasteiger charge is 2.44. The van der Waals surface area contributed by atoms with Crippen LogP contribution in [0.4, 0.5) is 4.79 Å². The molecule has 2 fully saturated rings. The van der Waals surface area contributed by atoms with Crippen molar-refractivity contribution in [2.24, 2.45) is 11.8 Å². The molecule has 0 radical (unpaired) electrons. The average molecular weight is 630 g/mol. The van der Waals surface area contributed by atoms with E-state index < -0.39 is 34.4 Å². The molecule has 3 heterocycles. The van der Waals surface area contributed by atoms with Gasteiger partial charge < -0.3 is 34.4 Å². The van der Waals surface area contributed by atoms with Crippen LogP contribution in [-0.4, -0.2) is 81.3 Å². The molecule has 2 aliphatic heterocycles. The van der Waals surface area contributed by atoms with Crippen LogP contribution in [-0.2, 0) is 37.2 Å². The summed E-state index contributed by atoms with van der Waals surface area (Å²) in [4.78, 5) is 13.2. The molecule has 0 saturated carbocycles. The quantitative estimate of drug-likeness (QED) is 0.244. The van der Waals surface area contributed by atoms with Gasteiger partial charge in [-0.05, 0) is 49.1 Å². The summed E-state index contributed by atoms with van der Waals surface area (Å²) in [5, 5.41) is 18.3. The summed E-state index contributed by atoms with van der Waals surface area (Å²) in [5.74, 6) is -0.0517. The Labute approximate surface area is 258 Å². The number of aliphatic hydroxyl groups excluding tert-OH is 1. The number of rotatable bonds is 14. The van der Waals surface area contributed by atoms with Gasteiger partial charge in [0.2, 0.25) is 10.0 Å². The van der Waals surface area contributed by atoms with E-state index in [1.54, 1.807) is 18.4 Å². The van der Waals surface area contributed by atoms with E-state index in [4.69, 9.17) is 18.6 Å². The van der Waals surface area contributed by atoms with Gasteiger partial charge in [0.25, 0.3) is 0 Å². The van der Waals surface area contributed by atoms with Crippen molar-refractivity contribution in [2.75, 3.05) is 32.8 Å². The Bertz CT molecular complexity index is 1500. The number of carbonyl (C=O) groups is 1. The number of hydrogen-bond donors (Lipinski definition) is 3. The maximum atomic E-state index is 14.1. The van der Waals surface area contributed by atoms with Crippen LogP contribution in [0.25, 0.3) is 11.0 Å². The van der Waals surface area contributed by atoms with E-state index in [1.807, 2.05) is 51.1 Å². The van der Waals surface area contributed by atoms with Crippen LogP contribution in [0.2, 0.25) is 0 Å². The van der Waals surface area contributed by atoms with Crippen LogP contribution in [0.15, 0.2) is 64.1 Å². The second-order valence-corrected chi connectivity index (χ2v) is 13.8. The zero-order valence-electron chi connectivity index (χ0n) is 25.5. The summed E-state index contributed by atoms with van der Waals surface area (Å²) in [6, 6.07) is 13.4. The van der Waals surface area contributed by atoms with Crippen LogP contribution in [0.3, 0.4) is 0 Å². The molecule has 12 heteroatoms. The summed E-state index contributed by atoms with van der Waals surface area (Å²) >= 11 is 0. The van der Waals surface area contributed by atoms with Gasteiger partial charge in [-0.1, -0.05) is 51.1 Å². The zero-order chi connectivity index (χ0) is 31.3. The fourth-order valence-corrected chi connectivity index (χ4v) is 7.45. The molecule has 0 bridgehead atoms. The van der Waals surface area contributed by atoms with E-state index in [-0.39, 0.29) is 49.1 Å². The van der Waals surface area contributed by atoms with Crippen molar-refractivity contribution in [3.05, 3.63) is 65.9 Å². The minimum Gasteiger partial charge on any atom is -0.464 e. The molecule has 0 aliphatic carbocycles. The first-order chi connectivity index (χ1) is 21.2. The summed E-state index contributed by atoms with van der Waals surface area (Å²) in [6.45, 7) is 7.90. The first kappa shape index (κ1) is 32.4. The van der Waals surface area contributed by atoms with Crippen molar-refractivity contribution in [2.45, 2.75) is 69.6 Å². The second-order valence-electron chi connectivity index (χ2n) is 11.9. The number of aliphatic hydroxyl groups is 1. The normalized spacial score (nSPS) is 21.5. The number of sulfonamides is 1. The fraction of sp³-hybridized carbons (Fsp3) is 0.531. The molecular formula is C32H43N3O8S. The third-order valence-electron chi connectivity index (χ3n) is 8.10. The Kier molecular flexibility index (Phi) is 10.6. The summed E-state index contributed by atoms with van der Waals surface area (Å²) < 4.78 is 51.9. The number of furan rings is 1. The van der Waals surface area contributed by atoms with Crippen LogP contribution < -0.4 is 10.6 Å². The van der Waals surface area contributed by atoms with E-state index in [0.717, 1.165) is 24.1 Å². The van der Waals surface area contributed by atoms with Crippen molar-refractivity contribution in [3.8, 4) is 0 Å². The molecule has 2 aliphatic rings. The van der Waals surface area contributed by atoms with Gasteiger partial charge in [0.05, 0.1) is 42.4 Å². The molecule has 5 atom stereocenters. The van der Waals surface area contributed by atoms with Gasteiger partial charge in [-0.15, -0.1) is 0 Å². The van der Waals surface area contributed by atoms with Crippen LogP contribution >= 0.6 is 0 Å². The number of ether oxygens (including phenoxy) is 3. The molecule has 2 aromatic carbocycles. The average Bonchev–Trinajstić information content (AvgIpc) is 3.73. The number of alkyl carbamates (subject to hydrolysis) is 1. The van der Waals surface area contributed by atoms with E-state index in [9.17, 15) is 18.3 Å². The highest BCUT2D eigenvalue weighted by molar-refractivity contribution is 7.89. The van der Waals surface area contributed by atoms with Crippen LogP contribution in [0.5, 0.6) is 0 Å². The summed E-state index contributed by atoms with van der Waals surface area (Å²) in [5.41, 5.74) is 2.34. The van der Waals surface area contributed by atoms with E-state index in [0.29, 0.717) is 24.1 Å². The van der Waals surface area contributed by atoms with Gasteiger partial charge in [-0.2, -0.15) is 4.31 Å². The lowest BCUT2D eigenvalue weighted by molar-refractivity contribution is -0.0907. The minimum absolute atomic E-state index is 0.0200. The predicted molar refractivity (Wildman–Crippen MR) is 164 cm³/mol. The molecule has 3 N–H and O–H groups in total. The number of nitrogens with one attached hydrogen (secondary N) is 2. The summed E-state index contributed by atoms with van der Waals surface area (Å²) in [7, 11) is -4.02. The molecule has 5 unspecified atom stereocenters. The maximum absolute atomic E-state index is 14.1. The minimum atomic E-state index is -4.02. The van der Waals surface area contributed by atoms with E-state index in [1.165, 1.54) is 10.4 Å². The largest absolute Gasteiger partial charge is 0.464 e. The fourth-order valence-electron chi connectivity index (χ4n) is 5.80. The molecule has 1 amide bonds. The highest BCUT2D eigenvalue weighted by atomic mass is 32.2. The molecular weight excluding hydrogens is 586 g/mol. The first-order valence-electron chi connectivity index (χ1n) is 15.3. The number of fused-ring (bicyclic) bond motifs is 2. The van der Waals surface area contributed by atoms with Crippen molar-refractivity contribution in [1.29, 1.82) is 0 Å². The van der Waals surface area contributed by atoms with Gasteiger partial charge in [0.15, 0.2) is 6.29 Å². The van der Waals surface area contributed by atoms with Crippen molar-refractivity contribution in [3.63, 3.8) is 0 Å². The third-order valence-corrected chi connectivity index (χ3v) is 9.93. The number of amides is 1. The van der Waals surface area contributed by atoms with Gasteiger partial charge in [-0.3, -0.25) is 0 Å². The van der Waals surface area contributed by atoms with Crippen LogP contribution in [0.1, 0.15) is 38.3 Å². The van der Waals surface area contributed by atoms with Crippen molar-refractivity contribution >= 4 is 27.1 Å². The van der Waals surface area contributed by atoms with Gasteiger partial charge in [0, 0.05) is 30.6 Å². The SMILES string of the molecule is CCNCc1coc2ccc(S(=O)(=O)N(CC(C)C)CC(O)C(Cc3ccccc3)NC(=O)OC3COC4OCCC34)cc12.